The highest BCUT2D eigenvalue weighted by atomic mass is 32.1. The van der Waals surface area contributed by atoms with E-state index in [0.717, 1.165) is 10.8 Å². The largest absolute Gasteiger partial charge is 0.332 e. The van der Waals surface area contributed by atoms with E-state index >= 15 is 0 Å². The molecular weight excluding hydrogens is 264 g/mol. The topological polar surface area (TPSA) is 24.9 Å². The fourth-order valence-corrected chi connectivity index (χ4v) is 3.83. The maximum Gasteiger partial charge on any atom is 0.188 e. The summed E-state index contributed by atoms with van der Waals surface area (Å²) in [5.41, 5.74) is 5.29. The quantitative estimate of drug-likeness (QED) is 0.720. The minimum atomic E-state index is 0.991. The third-order valence-electron chi connectivity index (χ3n) is 3.91. The van der Waals surface area contributed by atoms with Gasteiger partial charge in [-0.25, -0.2) is 4.98 Å². The van der Waals surface area contributed by atoms with Crippen molar-refractivity contribution in [3.8, 4) is 0 Å². The second kappa shape index (κ2) is 4.91. The van der Waals surface area contributed by atoms with Crippen LogP contribution in [0, 0.1) is 0 Å². The van der Waals surface area contributed by atoms with Crippen molar-refractivity contribution in [3.05, 3.63) is 53.6 Å². The lowest BCUT2D eigenvalue weighted by Crippen LogP contribution is -2.02. The van der Waals surface area contributed by atoms with Gasteiger partial charge in [-0.2, -0.15) is 0 Å². The van der Waals surface area contributed by atoms with E-state index in [1.54, 1.807) is 11.3 Å². The smallest absolute Gasteiger partial charge is 0.188 e. The number of hydrogen-bond donors (Lipinski definition) is 1. The van der Waals surface area contributed by atoms with E-state index < -0.39 is 0 Å². The van der Waals surface area contributed by atoms with E-state index in [9.17, 15) is 0 Å². The number of aryl methyl sites for hydroxylation is 2. The molecule has 0 saturated carbocycles. The van der Waals surface area contributed by atoms with Crippen molar-refractivity contribution in [1.29, 1.82) is 0 Å². The van der Waals surface area contributed by atoms with Crippen molar-refractivity contribution in [3.63, 3.8) is 0 Å². The minimum absolute atomic E-state index is 0.991. The zero-order valence-electron chi connectivity index (χ0n) is 11.2. The number of aromatic nitrogens is 1. The lowest BCUT2D eigenvalue weighted by Gasteiger charge is -2.15. The zero-order valence-corrected chi connectivity index (χ0v) is 12.0. The normalized spacial score (nSPS) is 14.2. The Labute approximate surface area is 122 Å². The molecule has 1 heterocycles. The van der Waals surface area contributed by atoms with Crippen LogP contribution in [0.2, 0.25) is 0 Å². The van der Waals surface area contributed by atoms with E-state index in [1.807, 2.05) is 18.2 Å². The molecule has 0 radical (unpaired) electrons. The van der Waals surface area contributed by atoms with Crippen LogP contribution in [0.25, 0.3) is 10.2 Å². The molecule has 20 heavy (non-hydrogen) atoms. The van der Waals surface area contributed by atoms with Crippen molar-refractivity contribution in [2.24, 2.45) is 0 Å². The van der Waals surface area contributed by atoms with Gasteiger partial charge in [-0.15, -0.1) is 0 Å². The van der Waals surface area contributed by atoms with Crippen molar-refractivity contribution in [2.75, 3.05) is 5.32 Å². The number of para-hydroxylation sites is 1. The standard InChI is InChI=1S/C17H16N2S/c1-2-7-13(8-3-1)18-17-19-16-14-9-5-4-6-12(14)10-11-15(16)20-17/h1-3,7-8,10-11H,4-6,9H2,(H,18,19). The molecule has 0 fully saturated rings. The van der Waals surface area contributed by atoms with E-state index in [4.69, 9.17) is 4.98 Å². The molecule has 100 valence electrons. The van der Waals surface area contributed by atoms with Gasteiger partial charge in [0, 0.05) is 5.69 Å². The predicted molar refractivity (Wildman–Crippen MR) is 86.0 cm³/mol. The highest BCUT2D eigenvalue weighted by molar-refractivity contribution is 7.22. The molecule has 4 rings (SSSR count). The molecule has 0 spiro atoms. The first-order valence-corrected chi connectivity index (χ1v) is 7.95. The lowest BCUT2D eigenvalue weighted by atomic mass is 9.91. The molecule has 3 aromatic rings. The van der Waals surface area contributed by atoms with Crippen LogP contribution < -0.4 is 5.32 Å². The van der Waals surface area contributed by atoms with Gasteiger partial charge < -0.3 is 5.32 Å². The Morgan fingerprint density at radius 1 is 0.950 bits per heavy atom. The Morgan fingerprint density at radius 3 is 2.70 bits per heavy atom. The molecule has 2 nitrogen and oxygen atoms in total. The van der Waals surface area contributed by atoms with Crippen LogP contribution >= 0.6 is 11.3 Å². The van der Waals surface area contributed by atoms with Crippen LogP contribution in [0.5, 0.6) is 0 Å². The maximum absolute atomic E-state index is 4.83. The molecule has 1 aliphatic carbocycles. The molecular formula is C17H16N2S. The number of anilines is 2. The van der Waals surface area contributed by atoms with Gasteiger partial charge in [-0.05, 0) is 55.0 Å². The number of hydrogen-bond acceptors (Lipinski definition) is 3. The molecule has 0 aliphatic heterocycles. The number of nitrogens with zero attached hydrogens (tertiary/aromatic N) is 1. The second-order valence-electron chi connectivity index (χ2n) is 5.27. The van der Waals surface area contributed by atoms with E-state index in [0.29, 0.717) is 0 Å². The average molecular weight is 280 g/mol. The summed E-state index contributed by atoms with van der Waals surface area (Å²) in [5, 5.41) is 4.40. The average Bonchev–Trinajstić information content (AvgIpc) is 2.91. The van der Waals surface area contributed by atoms with Gasteiger partial charge in [-0.3, -0.25) is 0 Å². The summed E-state index contributed by atoms with van der Waals surface area (Å²) < 4.78 is 1.30. The molecule has 1 N–H and O–H groups in total. The first-order chi connectivity index (χ1) is 9.90. The Hall–Kier alpha value is -1.87. The van der Waals surface area contributed by atoms with Gasteiger partial charge >= 0.3 is 0 Å². The van der Waals surface area contributed by atoms with Crippen molar-refractivity contribution < 1.29 is 0 Å². The number of thiazole rings is 1. The summed E-state index contributed by atoms with van der Waals surface area (Å²) in [6.07, 6.45) is 5.01. The van der Waals surface area contributed by atoms with Crippen molar-refractivity contribution in [1.82, 2.24) is 4.98 Å². The highest BCUT2D eigenvalue weighted by Gasteiger charge is 2.15. The molecule has 0 bridgehead atoms. The lowest BCUT2D eigenvalue weighted by molar-refractivity contribution is 0.689. The van der Waals surface area contributed by atoms with Gasteiger partial charge in [0.1, 0.15) is 0 Å². The third kappa shape index (κ3) is 2.08. The molecule has 0 atom stereocenters. The van der Waals surface area contributed by atoms with Crippen LogP contribution in [-0.4, -0.2) is 4.98 Å². The first kappa shape index (κ1) is 11.9. The summed E-state index contributed by atoms with van der Waals surface area (Å²) in [4.78, 5) is 4.83. The Balaban J connectivity index is 1.75. The van der Waals surface area contributed by atoms with Crippen LogP contribution in [0.15, 0.2) is 42.5 Å². The van der Waals surface area contributed by atoms with Crippen LogP contribution in [0.3, 0.4) is 0 Å². The molecule has 0 unspecified atom stereocenters. The zero-order chi connectivity index (χ0) is 13.4. The van der Waals surface area contributed by atoms with Crippen molar-refractivity contribution >= 4 is 32.4 Å². The summed E-state index contributed by atoms with van der Waals surface area (Å²) in [7, 11) is 0. The second-order valence-corrected chi connectivity index (χ2v) is 6.30. The van der Waals surface area contributed by atoms with E-state index in [-0.39, 0.29) is 0 Å². The van der Waals surface area contributed by atoms with E-state index in [2.05, 4.69) is 29.6 Å². The van der Waals surface area contributed by atoms with Crippen LogP contribution in [-0.2, 0) is 12.8 Å². The number of fused-ring (bicyclic) bond motifs is 3. The third-order valence-corrected chi connectivity index (χ3v) is 4.85. The SMILES string of the molecule is c1ccc(Nc2nc3c4c(ccc3s2)CCCC4)cc1. The molecule has 0 amide bonds. The first-order valence-electron chi connectivity index (χ1n) is 7.13. The van der Waals surface area contributed by atoms with Crippen LogP contribution in [0.4, 0.5) is 10.8 Å². The molecule has 1 aromatic heterocycles. The Bertz CT molecular complexity index is 746. The van der Waals surface area contributed by atoms with Crippen LogP contribution in [0.1, 0.15) is 24.0 Å². The number of rotatable bonds is 2. The number of benzene rings is 2. The van der Waals surface area contributed by atoms with Gasteiger partial charge in [0.25, 0.3) is 0 Å². The Kier molecular flexibility index (Phi) is 2.92. The fourth-order valence-electron chi connectivity index (χ4n) is 2.92. The van der Waals surface area contributed by atoms with Gasteiger partial charge in [0.05, 0.1) is 10.2 Å². The monoisotopic (exact) mass is 280 g/mol. The van der Waals surface area contributed by atoms with Crippen molar-refractivity contribution in [2.45, 2.75) is 25.7 Å². The fraction of sp³-hybridized carbons (Fsp3) is 0.235. The number of nitrogens with one attached hydrogen (secondary N) is 1. The van der Waals surface area contributed by atoms with Gasteiger partial charge in [0.15, 0.2) is 5.13 Å². The van der Waals surface area contributed by atoms with Gasteiger partial charge in [-0.1, -0.05) is 35.6 Å². The predicted octanol–water partition coefficient (Wildman–Crippen LogP) is 4.92. The minimum Gasteiger partial charge on any atom is -0.332 e. The maximum atomic E-state index is 4.83. The molecule has 1 aliphatic rings. The summed E-state index contributed by atoms with van der Waals surface area (Å²) in [6.45, 7) is 0. The Morgan fingerprint density at radius 2 is 1.80 bits per heavy atom. The molecule has 0 saturated heterocycles. The van der Waals surface area contributed by atoms with E-state index in [1.165, 1.54) is 47.0 Å². The highest BCUT2D eigenvalue weighted by Crippen LogP contribution is 2.34. The molecule has 3 heteroatoms. The summed E-state index contributed by atoms with van der Waals surface area (Å²) in [5.74, 6) is 0. The molecule has 2 aromatic carbocycles. The summed E-state index contributed by atoms with van der Waals surface area (Å²) >= 11 is 1.74. The summed E-state index contributed by atoms with van der Waals surface area (Å²) in [6, 6.07) is 14.8. The van der Waals surface area contributed by atoms with Gasteiger partial charge in [0.2, 0.25) is 0 Å².